The topological polar surface area (TPSA) is 27.7 Å². The number of hydrogen-bond acceptors (Lipinski definition) is 3. The minimum absolute atomic E-state index is 0.0167. The van der Waals surface area contributed by atoms with Crippen LogP contribution < -0.4 is 4.74 Å². The van der Waals surface area contributed by atoms with Crippen molar-refractivity contribution in [2.24, 2.45) is 0 Å². The molecule has 2 unspecified atom stereocenters. The van der Waals surface area contributed by atoms with E-state index in [0.717, 1.165) is 28.9 Å². The van der Waals surface area contributed by atoms with Crippen LogP contribution in [0.4, 0.5) is 0 Å². The largest absolute Gasteiger partial charge is 0.497 e. The monoisotopic (exact) mass is 392 g/mol. The van der Waals surface area contributed by atoms with Gasteiger partial charge in [0.25, 0.3) is 0 Å². The average Bonchev–Trinajstić information content (AvgIpc) is 3.05. The van der Waals surface area contributed by atoms with Crippen molar-refractivity contribution >= 4 is 0 Å². The van der Waals surface area contributed by atoms with Gasteiger partial charge in [-0.1, -0.05) is 73.4 Å². The lowest BCUT2D eigenvalue weighted by Crippen LogP contribution is -2.34. The molecular formula is C26H32O3. The minimum Gasteiger partial charge on any atom is -0.497 e. The molecule has 1 aromatic carbocycles. The van der Waals surface area contributed by atoms with Crippen LogP contribution in [0.25, 0.3) is 0 Å². The van der Waals surface area contributed by atoms with Gasteiger partial charge in [-0.25, -0.2) is 0 Å². The van der Waals surface area contributed by atoms with Crippen LogP contribution in [0, 0.1) is 0 Å². The number of ether oxygens (including phenoxy) is 3. The van der Waals surface area contributed by atoms with Crippen molar-refractivity contribution < 1.29 is 14.2 Å². The maximum atomic E-state index is 6.56. The van der Waals surface area contributed by atoms with Gasteiger partial charge in [0.2, 0.25) is 0 Å². The molecule has 0 N–H and O–H groups in total. The summed E-state index contributed by atoms with van der Waals surface area (Å²) in [6.45, 7) is 8.50. The molecule has 0 fully saturated rings. The summed E-state index contributed by atoms with van der Waals surface area (Å²) in [5.41, 5.74) is 2.27. The Hall–Kier alpha value is -2.62. The van der Waals surface area contributed by atoms with Crippen LogP contribution in [0.2, 0.25) is 0 Å². The molecule has 2 atom stereocenters. The maximum Gasteiger partial charge on any atom is 0.143 e. The summed E-state index contributed by atoms with van der Waals surface area (Å²) in [4.78, 5) is 0. The van der Waals surface area contributed by atoms with Crippen LogP contribution in [0.3, 0.4) is 0 Å². The SMILES string of the molecule is C=C/C=C(\C=C/C(C)OC)C(OCC)(C1=CC=CCC=C1)c1ccc(OC)cc1. The van der Waals surface area contributed by atoms with E-state index in [2.05, 4.69) is 55.2 Å². The zero-order valence-electron chi connectivity index (χ0n) is 17.9. The Labute approximate surface area is 175 Å². The van der Waals surface area contributed by atoms with E-state index in [0.29, 0.717) is 6.61 Å². The molecule has 0 aliphatic heterocycles. The summed E-state index contributed by atoms with van der Waals surface area (Å²) in [6, 6.07) is 8.05. The molecule has 0 saturated carbocycles. The van der Waals surface area contributed by atoms with Crippen molar-refractivity contribution in [1.29, 1.82) is 0 Å². The van der Waals surface area contributed by atoms with E-state index >= 15 is 0 Å². The molecule has 3 nitrogen and oxygen atoms in total. The fourth-order valence-corrected chi connectivity index (χ4v) is 3.34. The molecule has 0 radical (unpaired) electrons. The van der Waals surface area contributed by atoms with Crippen LogP contribution in [-0.4, -0.2) is 26.9 Å². The van der Waals surface area contributed by atoms with E-state index in [1.807, 2.05) is 38.1 Å². The average molecular weight is 393 g/mol. The standard InChI is InChI=1S/C26H32O3/c1-6-12-22(16-15-21(3)27-4)26(29-7-2,23-13-10-8-9-11-14-23)24-17-19-25(28-5)20-18-24/h6,8,10-21H,1,7,9H2,2-5H3/b16-15-,22-12+. The number of rotatable bonds is 10. The predicted molar refractivity (Wildman–Crippen MR) is 121 cm³/mol. The molecule has 0 saturated heterocycles. The first-order valence-electron chi connectivity index (χ1n) is 9.98. The lowest BCUT2D eigenvalue weighted by Gasteiger charge is -2.37. The van der Waals surface area contributed by atoms with E-state index in [9.17, 15) is 0 Å². The molecule has 0 aromatic heterocycles. The Bertz CT molecular complexity index is 809. The van der Waals surface area contributed by atoms with Gasteiger partial charge in [-0.05, 0) is 49.1 Å². The molecule has 1 aliphatic carbocycles. The molecule has 154 valence electrons. The van der Waals surface area contributed by atoms with Crippen molar-refractivity contribution in [3.8, 4) is 5.75 Å². The van der Waals surface area contributed by atoms with E-state index < -0.39 is 5.60 Å². The molecule has 2 rings (SSSR count). The second-order valence-corrected chi connectivity index (χ2v) is 6.69. The third kappa shape index (κ3) is 5.47. The third-order valence-electron chi connectivity index (χ3n) is 4.87. The normalized spacial score (nSPS) is 17.5. The summed E-state index contributed by atoms with van der Waals surface area (Å²) in [5, 5.41) is 0. The molecule has 0 bridgehead atoms. The van der Waals surface area contributed by atoms with Gasteiger partial charge in [0.15, 0.2) is 0 Å². The molecular weight excluding hydrogens is 360 g/mol. The van der Waals surface area contributed by atoms with Gasteiger partial charge in [-0.2, -0.15) is 0 Å². The van der Waals surface area contributed by atoms with Crippen LogP contribution in [0.15, 0.2) is 96.7 Å². The quantitative estimate of drug-likeness (QED) is 0.452. The highest BCUT2D eigenvalue weighted by atomic mass is 16.5. The summed E-state index contributed by atoms with van der Waals surface area (Å²) < 4.78 is 17.3. The lowest BCUT2D eigenvalue weighted by molar-refractivity contribution is 0.0203. The third-order valence-corrected chi connectivity index (χ3v) is 4.87. The molecule has 0 heterocycles. The van der Waals surface area contributed by atoms with Crippen LogP contribution in [0.1, 0.15) is 25.8 Å². The van der Waals surface area contributed by atoms with Crippen LogP contribution in [0.5, 0.6) is 5.75 Å². The maximum absolute atomic E-state index is 6.56. The Morgan fingerprint density at radius 2 is 1.97 bits per heavy atom. The highest BCUT2D eigenvalue weighted by Gasteiger charge is 2.39. The summed E-state index contributed by atoms with van der Waals surface area (Å²) in [6.07, 6.45) is 19.4. The second kappa shape index (κ2) is 11.4. The van der Waals surface area contributed by atoms with E-state index in [1.54, 1.807) is 20.3 Å². The van der Waals surface area contributed by atoms with Crippen molar-refractivity contribution in [1.82, 2.24) is 0 Å². The first-order valence-corrected chi connectivity index (χ1v) is 9.98. The van der Waals surface area contributed by atoms with Gasteiger partial charge < -0.3 is 14.2 Å². The van der Waals surface area contributed by atoms with Crippen LogP contribution >= 0.6 is 0 Å². The van der Waals surface area contributed by atoms with Crippen molar-refractivity contribution in [2.75, 3.05) is 20.8 Å². The zero-order valence-corrected chi connectivity index (χ0v) is 17.9. The van der Waals surface area contributed by atoms with Gasteiger partial charge in [-0.3, -0.25) is 0 Å². The van der Waals surface area contributed by atoms with Crippen molar-refractivity contribution in [3.63, 3.8) is 0 Å². The zero-order chi connectivity index (χ0) is 21.1. The number of benzene rings is 1. The second-order valence-electron chi connectivity index (χ2n) is 6.69. The summed E-state index contributed by atoms with van der Waals surface area (Å²) >= 11 is 0. The Balaban J connectivity index is 2.76. The summed E-state index contributed by atoms with van der Waals surface area (Å²) in [7, 11) is 3.37. The molecule has 0 spiro atoms. The van der Waals surface area contributed by atoms with E-state index in [-0.39, 0.29) is 6.10 Å². The van der Waals surface area contributed by atoms with Gasteiger partial charge in [0.05, 0.1) is 13.2 Å². The molecule has 1 aromatic rings. The lowest BCUT2D eigenvalue weighted by atomic mass is 9.78. The van der Waals surface area contributed by atoms with Gasteiger partial charge in [-0.15, -0.1) is 0 Å². The van der Waals surface area contributed by atoms with Crippen molar-refractivity contribution in [3.05, 3.63) is 102 Å². The van der Waals surface area contributed by atoms with Crippen LogP contribution in [-0.2, 0) is 15.1 Å². The summed E-state index contributed by atoms with van der Waals surface area (Å²) in [5.74, 6) is 0.808. The molecule has 29 heavy (non-hydrogen) atoms. The molecule has 1 aliphatic rings. The Morgan fingerprint density at radius 1 is 1.21 bits per heavy atom. The first-order chi connectivity index (χ1) is 14.1. The first kappa shape index (κ1) is 22.7. The molecule has 3 heteroatoms. The van der Waals surface area contributed by atoms with Gasteiger partial charge >= 0.3 is 0 Å². The Kier molecular flexibility index (Phi) is 8.91. The minimum atomic E-state index is -0.787. The van der Waals surface area contributed by atoms with Gasteiger partial charge in [0, 0.05) is 13.7 Å². The highest BCUT2D eigenvalue weighted by Crippen LogP contribution is 2.43. The fourth-order valence-electron chi connectivity index (χ4n) is 3.34. The smallest absolute Gasteiger partial charge is 0.143 e. The number of methoxy groups -OCH3 is 2. The fraction of sp³-hybridized carbons (Fsp3) is 0.308. The van der Waals surface area contributed by atoms with E-state index in [1.165, 1.54) is 0 Å². The Morgan fingerprint density at radius 3 is 2.59 bits per heavy atom. The van der Waals surface area contributed by atoms with E-state index in [4.69, 9.17) is 14.2 Å². The van der Waals surface area contributed by atoms with Gasteiger partial charge in [0.1, 0.15) is 11.4 Å². The highest BCUT2D eigenvalue weighted by molar-refractivity contribution is 5.54. The number of hydrogen-bond donors (Lipinski definition) is 0. The molecule has 0 amide bonds. The number of allylic oxidation sites excluding steroid dienone is 6. The predicted octanol–water partition coefficient (Wildman–Crippen LogP) is 6.07. The van der Waals surface area contributed by atoms with Crippen molar-refractivity contribution in [2.45, 2.75) is 32.0 Å².